The Kier molecular flexibility index (Phi) is 7.17. The lowest BCUT2D eigenvalue weighted by Crippen LogP contribution is -2.44. The molecule has 0 saturated carbocycles. The second-order valence-corrected chi connectivity index (χ2v) is 4.18. The van der Waals surface area contributed by atoms with Gasteiger partial charge in [0.1, 0.15) is 0 Å². The SMILES string of the molecule is CN(C)C(COCC=C[SiH3])N(C)C. The zero-order chi connectivity index (χ0) is 10.3. The molecule has 0 N–H and O–H groups in total. The van der Waals surface area contributed by atoms with E-state index in [4.69, 9.17) is 4.74 Å². The van der Waals surface area contributed by atoms with Gasteiger partial charge in [0.25, 0.3) is 0 Å². The molecule has 0 heterocycles. The van der Waals surface area contributed by atoms with Gasteiger partial charge in [0.2, 0.25) is 0 Å². The van der Waals surface area contributed by atoms with Crippen molar-refractivity contribution in [3.05, 3.63) is 11.8 Å². The quantitative estimate of drug-likeness (QED) is 0.323. The van der Waals surface area contributed by atoms with Crippen LogP contribution in [0.1, 0.15) is 0 Å². The first kappa shape index (κ1) is 12.8. The van der Waals surface area contributed by atoms with Crippen molar-refractivity contribution in [2.75, 3.05) is 41.4 Å². The molecular weight excluding hydrogens is 180 g/mol. The monoisotopic (exact) mass is 202 g/mol. The summed E-state index contributed by atoms with van der Waals surface area (Å²) in [6.07, 6.45) is 2.44. The number of ether oxygens (including phenoxy) is 1. The van der Waals surface area contributed by atoms with E-state index in [9.17, 15) is 0 Å². The minimum absolute atomic E-state index is 0.363. The first-order chi connectivity index (χ1) is 6.09. The summed E-state index contributed by atoms with van der Waals surface area (Å²) in [6, 6.07) is 0. The van der Waals surface area contributed by atoms with Crippen LogP contribution in [0.15, 0.2) is 11.8 Å². The van der Waals surface area contributed by atoms with E-state index in [1.165, 1.54) is 0 Å². The third-order valence-electron chi connectivity index (χ3n) is 1.91. The van der Waals surface area contributed by atoms with Crippen LogP contribution in [0.25, 0.3) is 0 Å². The Morgan fingerprint density at radius 2 is 1.77 bits per heavy atom. The molecule has 0 aliphatic rings. The molecule has 78 valence electrons. The van der Waals surface area contributed by atoms with E-state index < -0.39 is 0 Å². The second kappa shape index (κ2) is 7.26. The molecule has 0 amide bonds. The van der Waals surface area contributed by atoms with E-state index in [0.717, 1.165) is 23.5 Å². The third kappa shape index (κ3) is 5.98. The normalized spacial score (nSPS) is 12.8. The first-order valence-electron chi connectivity index (χ1n) is 4.61. The van der Waals surface area contributed by atoms with Gasteiger partial charge in [-0.05, 0) is 28.2 Å². The van der Waals surface area contributed by atoms with Gasteiger partial charge in [0, 0.05) is 10.2 Å². The van der Waals surface area contributed by atoms with Crippen LogP contribution < -0.4 is 0 Å². The van der Waals surface area contributed by atoms with E-state index in [0.29, 0.717) is 6.17 Å². The molecule has 0 aromatic heterocycles. The Balaban J connectivity index is 3.70. The van der Waals surface area contributed by atoms with Crippen molar-refractivity contribution >= 4 is 10.2 Å². The number of nitrogens with zero attached hydrogens (tertiary/aromatic N) is 2. The lowest BCUT2D eigenvalue weighted by molar-refractivity contribution is 0.0280. The van der Waals surface area contributed by atoms with Gasteiger partial charge in [-0.1, -0.05) is 6.08 Å². The maximum absolute atomic E-state index is 5.51. The molecule has 0 radical (unpaired) electrons. The lowest BCUT2D eigenvalue weighted by Gasteiger charge is -2.29. The van der Waals surface area contributed by atoms with Crippen molar-refractivity contribution in [1.82, 2.24) is 9.80 Å². The molecule has 0 unspecified atom stereocenters. The van der Waals surface area contributed by atoms with Crippen LogP contribution in [0.5, 0.6) is 0 Å². The molecule has 3 nitrogen and oxygen atoms in total. The maximum Gasteiger partial charge on any atom is 0.0854 e. The average molecular weight is 202 g/mol. The van der Waals surface area contributed by atoms with Crippen LogP contribution in [0.3, 0.4) is 0 Å². The fourth-order valence-corrected chi connectivity index (χ4v) is 1.29. The van der Waals surface area contributed by atoms with Gasteiger partial charge < -0.3 is 4.74 Å². The summed E-state index contributed by atoms with van der Waals surface area (Å²) in [5.74, 6) is 0. The molecule has 13 heavy (non-hydrogen) atoms. The van der Waals surface area contributed by atoms with Gasteiger partial charge in [-0.15, -0.1) is 5.70 Å². The zero-order valence-electron chi connectivity index (χ0n) is 9.45. The highest BCUT2D eigenvalue weighted by atomic mass is 28.1. The maximum atomic E-state index is 5.51. The van der Waals surface area contributed by atoms with Crippen LogP contribution in [0, 0.1) is 0 Å². The summed E-state index contributed by atoms with van der Waals surface area (Å²) in [5.41, 5.74) is 2.14. The predicted octanol–water partition coefficient (Wildman–Crippen LogP) is -0.669. The summed E-state index contributed by atoms with van der Waals surface area (Å²) in [4.78, 5) is 4.31. The van der Waals surface area contributed by atoms with Crippen molar-refractivity contribution in [1.29, 1.82) is 0 Å². The number of rotatable bonds is 6. The molecule has 0 saturated heterocycles. The molecule has 0 bridgehead atoms. The van der Waals surface area contributed by atoms with Crippen LogP contribution in [0.4, 0.5) is 0 Å². The minimum Gasteiger partial charge on any atom is -0.374 e. The Labute approximate surface area is 84.8 Å². The minimum atomic E-state index is 0.363. The third-order valence-corrected chi connectivity index (χ3v) is 2.38. The van der Waals surface area contributed by atoms with Crippen molar-refractivity contribution in [2.24, 2.45) is 0 Å². The molecule has 0 rings (SSSR count). The van der Waals surface area contributed by atoms with E-state index in [2.05, 4.69) is 49.8 Å². The molecule has 0 spiro atoms. The van der Waals surface area contributed by atoms with Crippen LogP contribution in [0.2, 0.25) is 0 Å². The lowest BCUT2D eigenvalue weighted by atomic mass is 10.4. The molecule has 0 atom stereocenters. The van der Waals surface area contributed by atoms with Gasteiger partial charge in [-0.3, -0.25) is 9.80 Å². The average Bonchev–Trinajstić information content (AvgIpc) is 2.02. The van der Waals surface area contributed by atoms with E-state index >= 15 is 0 Å². The van der Waals surface area contributed by atoms with Crippen molar-refractivity contribution in [2.45, 2.75) is 6.17 Å². The molecule has 0 aliphatic carbocycles. The summed E-state index contributed by atoms with van der Waals surface area (Å²) in [5, 5.41) is 0. The number of hydrogen-bond acceptors (Lipinski definition) is 3. The van der Waals surface area contributed by atoms with E-state index in [1.807, 2.05) is 0 Å². The highest BCUT2D eigenvalue weighted by Gasteiger charge is 2.12. The molecule has 4 heteroatoms. The summed E-state index contributed by atoms with van der Waals surface area (Å²) in [7, 11) is 9.38. The zero-order valence-corrected chi connectivity index (χ0v) is 11.4. The second-order valence-electron chi connectivity index (χ2n) is 3.51. The predicted molar refractivity (Wildman–Crippen MR) is 61.1 cm³/mol. The van der Waals surface area contributed by atoms with E-state index in [1.54, 1.807) is 0 Å². The fraction of sp³-hybridized carbons (Fsp3) is 0.778. The van der Waals surface area contributed by atoms with Gasteiger partial charge in [0.15, 0.2) is 0 Å². The van der Waals surface area contributed by atoms with Crippen molar-refractivity contribution in [3.8, 4) is 0 Å². The topological polar surface area (TPSA) is 15.7 Å². The Bertz CT molecular complexity index is 141. The van der Waals surface area contributed by atoms with Gasteiger partial charge >= 0.3 is 0 Å². The van der Waals surface area contributed by atoms with Crippen LogP contribution >= 0.6 is 0 Å². The smallest absolute Gasteiger partial charge is 0.0854 e. The number of likely N-dealkylation sites (N-methyl/N-ethyl adjacent to an activating group) is 2. The molecule has 0 aromatic rings. The molecule has 0 aromatic carbocycles. The van der Waals surface area contributed by atoms with Crippen molar-refractivity contribution in [3.63, 3.8) is 0 Å². The summed E-state index contributed by atoms with van der Waals surface area (Å²) >= 11 is 0. The Morgan fingerprint density at radius 3 is 2.15 bits per heavy atom. The van der Waals surface area contributed by atoms with Gasteiger partial charge in [0.05, 0.1) is 19.4 Å². The fourth-order valence-electron chi connectivity index (χ4n) is 1.10. The molecular formula is C9H22N2OSi. The molecule has 0 fully saturated rings. The van der Waals surface area contributed by atoms with Crippen LogP contribution in [-0.2, 0) is 4.74 Å². The van der Waals surface area contributed by atoms with Crippen LogP contribution in [-0.4, -0.2) is 67.6 Å². The summed E-state index contributed by atoms with van der Waals surface area (Å²) < 4.78 is 5.51. The molecule has 0 aliphatic heterocycles. The highest BCUT2D eigenvalue weighted by molar-refractivity contribution is 6.16. The first-order valence-corrected chi connectivity index (χ1v) is 5.76. The van der Waals surface area contributed by atoms with E-state index in [-0.39, 0.29) is 0 Å². The Hall–Kier alpha value is -0.163. The highest BCUT2D eigenvalue weighted by Crippen LogP contribution is 1.97. The largest absolute Gasteiger partial charge is 0.374 e. The van der Waals surface area contributed by atoms with Gasteiger partial charge in [-0.2, -0.15) is 0 Å². The Morgan fingerprint density at radius 1 is 1.23 bits per heavy atom. The number of hydrogen-bond donors (Lipinski definition) is 0. The van der Waals surface area contributed by atoms with Gasteiger partial charge in [-0.25, -0.2) is 0 Å². The standard InChI is InChI=1S/C9H22N2OSi/c1-10(2)9(11(3)4)8-12-6-5-7-13/h5,7,9H,6,8H2,1-4,13H3. The van der Waals surface area contributed by atoms with Crippen molar-refractivity contribution < 1.29 is 4.74 Å². The summed E-state index contributed by atoms with van der Waals surface area (Å²) in [6.45, 7) is 1.49.